The molecule has 0 bridgehead atoms. The molecule has 0 rings (SSSR count). The standard InChI is InChI=1S/C6H12N2/c1-5(7)3-4-6(2)8/h3-4H,7-8H2,1-2H3/b5-3+,6-4+. The number of rotatable bonds is 1. The minimum Gasteiger partial charge on any atom is -0.402 e. The summed E-state index contributed by atoms with van der Waals surface area (Å²) in [6.45, 7) is 3.64. The highest BCUT2D eigenvalue weighted by molar-refractivity contribution is 5.10. The van der Waals surface area contributed by atoms with E-state index in [4.69, 9.17) is 11.5 Å². The summed E-state index contributed by atoms with van der Waals surface area (Å²) in [6.07, 6.45) is 3.55. The molecule has 0 aliphatic carbocycles. The second-order valence-electron chi connectivity index (χ2n) is 1.82. The second kappa shape index (κ2) is 3.13. The minimum atomic E-state index is 0.773. The fourth-order valence-electron chi connectivity index (χ4n) is 0.263. The monoisotopic (exact) mass is 112 g/mol. The minimum absolute atomic E-state index is 0.773. The van der Waals surface area contributed by atoms with Gasteiger partial charge in [0.1, 0.15) is 0 Å². The van der Waals surface area contributed by atoms with E-state index >= 15 is 0 Å². The van der Waals surface area contributed by atoms with E-state index in [1.54, 1.807) is 12.2 Å². The molecule has 0 amide bonds. The molecule has 0 fully saturated rings. The Morgan fingerprint density at radius 1 is 1.00 bits per heavy atom. The maximum atomic E-state index is 5.30. The van der Waals surface area contributed by atoms with Crippen molar-refractivity contribution < 1.29 is 0 Å². The zero-order valence-electron chi connectivity index (χ0n) is 5.31. The van der Waals surface area contributed by atoms with Gasteiger partial charge in [-0.15, -0.1) is 0 Å². The van der Waals surface area contributed by atoms with Gasteiger partial charge in [-0.2, -0.15) is 0 Å². The Kier molecular flexibility index (Phi) is 2.77. The van der Waals surface area contributed by atoms with E-state index in [2.05, 4.69) is 0 Å². The molecule has 0 aliphatic rings. The maximum absolute atomic E-state index is 5.30. The van der Waals surface area contributed by atoms with Gasteiger partial charge < -0.3 is 11.5 Å². The molecule has 0 atom stereocenters. The van der Waals surface area contributed by atoms with Crippen LogP contribution < -0.4 is 11.5 Å². The quantitative estimate of drug-likeness (QED) is 0.491. The smallest absolute Gasteiger partial charge is 0.00495 e. The first kappa shape index (κ1) is 7.08. The molecular weight excluding hydrogens is 100 g/mol. The Balaban J connectivity index is 3.76. The van der Waals surface area contributed by atoms with E-state index in [9.17, 15) is 0 Å². The lowest BCUT2D eigenvalue weighted by Gasteiger charge is -1.85. The molecule has 4 N–H and O–H groups in total. The van der Waals surface area contributed by atoms with Crippen LogP contribution in [0, 0.1) is 0 Å². The first-order chi connectivity index (χ1) is 3.63. The van der Waals surface area contributed by atoms with Gasteiger partial charge >= 0.3 is 0 Å². The van der Waals surface area contributed by atoms with Crippen LogP contribution in [0.15, 0.2) is 23.5 Å². The van der Waals surface area contributed by atoms with Gasteiger partial charge in [-0.05, 0) is 26.0 Å². The SMILES string of the molecule is C/C(N)=C\C=C(/C)N. The fraction of sp³-hybridized carbons (Fsp3) is 0.333. The third kappa shape index (κ3) is 5.08. The highest BCUT2D eigenvalue weighted by atomic mass is 14.6. The maximum Gasteiger partial charge on any atom is 0.00495 e. The molecule has 0 radical (unpaired) electrons. The normalized spacial score (nSPS) is 14.2. The molecule has 8 heavy (non-hydrogen) atoms. The molecule has 0 heterocycles. The van der Waals surface area contributed by atoms with Crippen LogP contribution in [-0.4, -0.2) is 0 Å². The van der Waals surface area contributed by atoms with Crippen LogP contribution in [0.4, 0.5) is 0 Å². The van der Waals surface area contributed by atoms with Gasteiger partial charge in [-0.25, -0.2) is 0 Å². The highest BCUT2D eigenvalue weighted by Gasteiger charge is 1.72. The van der Waals surface area contributed by atoms with Gasteiger partial charge in [0, 0.05) is 11.4 Å². The van der Waals surface area contributed by atoms with Crippen LogP contribution in [0.1, 0.15) is 13.8 Å². The lowest BCUT2D eigenvalue weighted by molar-refractivity contribution is 1.28. The van der Waals surface area contributed by atoms with E-state index in [0.717, 1.165) is 11.4 Å². The average Bonchev–Trinajstić information content (AvgIpc) is 1.61. The lowest BCUT2D eigenvalue weighted by atomic mass is 10.4. The van der Waals surface area contributed by atoms with E-state index in [0.29, 0.717) is 0 Å². The topological polar surface area (TPSA) is 52.0 Å². The molecule has 0 aromatic rings. The molecule has 0 saturated carbocycles. The average molecular weight is 112 g/mol. The third-order valence-electron chi connectivity index (χ3n) is 0.609. The zero-order chi connectivity index (χ0) is 6.57. The Hall–Kier alpha value is -0.920. The molecule has 46 valence electrons. The number of hydrogen-bond acceptors (Lipinski definition) is 2. The predicted octanol–water partition coefficient (Wildman–Crippen LogP) is 0.711. The highest BCUT2D eigenvalue weighted by Crippen LogP contribution is 1.84. The lowest BCUT2D eigenvalue weighted by Crippen LogP contribution is -1.91. The molecular formula is C6H12N2. The summed E-state index contributed by atoms with van der Waals surface area (Å²) in [5, 5.41) is 0. The Bertz CT molecular complexity index is 98.5. The summed E-state index contributed by atoms with van der Waals surface area (Å²) < 4.78 is 0. The Morgan fingerprint density at radius 3 is 1.38 bits per heavy atom. The summed E-state index contributed by atoms with van der Waals surface area (Å²) in [5.74, 6) is 0. The molecule has 0 aliphatic heterocycles. The molecule has 0 saturated heterocycles. The van der Waals surface area contributed by atoms with Gasteiger partial charge in [-0.1, -0.05) is 0 Å². The summed E-state index contributed by atoms with van der Waals surface area (Å²) in [7, 11) is 0. The fourth-order valence-corrected chi connectivity index (χ4v) is 0.263. The van der Waals surface area contributed by atoms with E-state index in [-0.39, 0.29) is 0 Å². The third-order valence-corrected chi connectivity index (χ3v) is 0.609. The van der Waals surface area contributed by atoms with Crippen molar-refractivity contribution in [2.45, 2.75) is 13.8 Å². The van der Waals surface area contributed by atoms with Crippen molar-refractivity contribution in [3.8, 4) is 0 Å². The number of hydrogen-bond donors (Lipinski definition) is 2. The predicted molar refractivity (Wildman–Crippen MR) is 35.9 cm³/mol. The summed E-state index contributed by atoms with van der Waals surface area (Å²) in [5.41, 5.74) is 12.1. The van der Waals surface area contributed by atoms with Crippen molar-refractivity contribution in [1.29, 1.82) is 0 Å². The van der Waals surface area contributed by atoms with E-state index in [1.807, 2.05) is 13.8 Å². The summed E-state index contributed by atoms with van der Waals surface area (Å²) >= 11 is 0. The van der Waals surface area contributed by atoms with Crippen LogP contribution in [0.2, 0.25) is 0 Å². The van der Waals surface area contributed by atoms with Gasteiger partial charge in [0.2, 0.25) is 0 Å². The van der Waals surface area contributed by atoms with Gasteiger partial charge in [0.25, 0.3) is 0 Å². The largest absolute Gasteiger partial charge is 0.402 e. The molecule has 0 spiro atoms. The van der Waals surface area contributed by atoms with Crippen LogP contribution >= 0.6 is 0 Å². The van der Waals surface area contributed by atoms with Crippen molar-refractivity contribution in [1.82, 2.24) is 0 Å². The molecule has 0 unspecified atom stereocenters. The number of nitrogens with two attached hydrogens (primary N) is 2. The van der Waals surface area contributed by atoms with Gasteiger partial charge in [0.15, 0.2) is 0 Å². The van der Waals surface area contributed by atoms with Gasteiger partial charge in [-0.3, -0.25) is 0 Å². The Morgan fingerprint density at radius 2 is 1.25 bits per heavy atom. The van der Waals surface area contributed by atoms with Crippen LogP contribution in [0.5, 0.6) is 0 Å². The van der Waals surface area contributed by atoms with Crippen molar-refractivity contribution in [3.05, 3.63) is 23.5 Å². The zero-order valence-corrected chi connectivity index (χ0v) is 5.31. The molecule has 0 aromatic carbocycles. The molecule has 0 aromatic heterocycles. The first-order valence-electron chi connectivity index (χ1n) is 2.49. The van der Waals surface area contributed by atoms with Crippen molar-refractivity contribution >= 4 is 0 Å². The van der Waals surface area contributed by atoms with Crippen molar-refractivity contribution in [2.24, 2.45) is 11.5 Å². The van der Waals surface area contributed by atoms with E-state index in [1.165, 1.54) is 0 Å². The Labute approximate surface area is 49.9 Å². The van der Waals surface area contributed by atoms with Crippen molar-refractivity contribution in [3.63, 3.8) is 0 Å². The molecule has 2 heteroatoms. The van der Waals surface area contributed by atoms with Crippen molar-refractivity contribution in [2.75, 3.05) is 0 Å². The first-order valence-corrected chi connectivity index (χ1v) is 2.49. The van der Waals surface area contributed by atoms with E-state index < -0.39 is 0 Å². The summed E-state index contributed by atoms with van der Waals surface area (Å²) in [6, 6.07) is 0. The van der Waals surface area contributed by atoms with Gasteiger partial charge in [0.05, 0.1) is 0 Å². The number of allylic oxidation sites excluding steroid dienone is 4. The van der Waals surface area contributed by atoms with Crippen LogP contribution in [0.3, 0.4) is 0 Å². The molecule has 2 nitrogen and oxygen atoms in total. The van der Waals surface area contributed by atoms with Crippen LogP contribution in [0.25, 0.3) is 0 Å². The van der Waals surface area contributed by atoms with Crippen LogP contribution in [-0.2, 0) is 0 Å². The summed E-state index contributed by atoms with van der Waals surface area (Å²) in [4.78, 5) is 0. The second-order valence-corrected chi connectivity index (χ2v) is 1.82.